The van der Waals surface area contributed by atoms with Gasteiger partial charge in [0.1, 0.15) is 11.6 Å². The maximum atomic E-state index is 12.4. The number of anilines is 1. The summed E-state index contributed by atoms with van der Waals surface area (Å²) in [5, 5.41) is 12.0. The Hall–Kier alpha value is -3.26. The number of nitrogens with one attached hydrogen (secondary N) is 1. The molecule has 1 N–H and O–H groups in total. The van der Waals surface area contributed by atoms with Gasteiger partial charge in [0, 0.05) is 5.56 Å². The van der Waals surface area contributed by atoms with Crippen LogP contribution in [0, 0.1) is 0 Å². The molecule has 8 heteroatoms. The molecule has 7 nitrogen and oxygen atoms in total. The Kier molecular flexibility index (Phi) is 4.79. The highest BCUT2D eigenvalue weighted by atomic mass is 32.1. The molecular formula is C20H18N4O3S. The first-order valence-electron chi connectivity index (χ1n) is 8.83. The molecular weight excluding hydrogens is 376 g/mol. The normalized spacial score (nSPS) is 11.2. The van der Waals surface area contributed by atoms with E-state index in [1.54, 1.807) is 24.3 Å². The summed E-state index contributed by atoms with van der Waals surface area (Å²) < 4.78 is 6.43. The second-order valence-electron chi connectivity index (χ2n) is 6.66. The van der Waals surface area contributed by atoms with Crippen molar-refractivity contribution in [1.29, 1.82) is 0 Å². The first kappa shape index (κ1) is 18.1. The number of amides is 1. The summed E-state index contributed by atoms with van der Waals surface area (Å²) in [6.07, 6.45) is 0. The quantitative estimate of drug-likeness (QED) is 0.555. The van der Waals surface area contributed by atoms with Gasteiger partial charge in [0.15, 0.2) is 5.58 Å². The number of benzene rings is 2. The zero-order chi connectivity index (χ0) is 19.7. The third-order valence-electron chi connectivity index (χ3n) is 4.37. The molecule has 142 valence electrons. The molecule has 2 aromatic heterocycles. The van der Waals surface area contributed by atoms with Crippen molar-refractivity contribution in [2.75, 3.05) is 5.32 Å². The molecule has 0 fully saturated rings. The van der Waals surface area contributed by atoms with E-state index in [0.717, 1.165) is 10.6 Å². The fraction of sp³-hybridized carbons (Fsp3) is 0.200. The average molecular weight is 394 g/mol. The van der Waals surface area contributed by atoms with Crippen LogP contribution >= 0.6 is 11.3 Å². The topological polar surface area (TPSA) is 90.0 Å². The Morgan fingerprint density at radius 1 is 1.14 bits per heavy atom. The van der Waals surface area contributed by atoms with Crippen LogP contribution in [0.3, 0.4) is 0 Å². The van der Waals surface area contributed by atoms with E-state index in [-0.39, 0.29) is 12.5 Å². The lowest BCUT2D eigenvalue weighted by Gasteiger charge is -2.04. The van der Waals surface area contributed by atoms with Crippen LogP contribution in [0.4, 0.5) is 5.13 Å². The van der Waals surface area contributed by atoms with Crippen LogP contribution in [-0.2, 0) is 11.3 Å². The largest absolute Gasteiger partial charge is 0.420 e. The summed E-state index contributed by atoms with van der Waals surface area (Å²) in [7, 11) is 0. The summed E-state index contributed by atoms with van der Waals surface area (Å²) in [5.41, 5.74) is 3.22. The van der Waals surface area contributed by atoms with Crippen LogP contribution in [0.25, 0.3) is 21.7 Å². The number of hydrogen-bond donors (Lipinski definition) is 1. The van der Waals surface area contributed by atoms with Crippen molar-refractivity contribution >= 4 is 33.5 Å². The van der Waals surface area contributed by atoms with Gasteiger partial charge in [-0.25, -0.2) is 4.79 Å². The second kappa shape index (κ2) is 7.40. The molecule has 0 aliphatic rings. The Bertz CT molecular complexity index is 1190. The summed E-state index contributed by atoms with van der Waals surface area (Å²) in [6, 6.07) is 15.1. The Morgan fingerprint density at radius 2 is 1.89 bits per heavy atom. The van der Waals surface area contributed by atoms with Crippen LogP contribution in [0.1, 0.15) is 25.3 Å². The van der Waals surface area contributed by atoms with E-state index >= 15 is 0 Å². The van der Waals surface area contributed by atoms with Gasteiger partial charge in [0.25, 0.3) is 0 Å². The average Bonchev–Trinajstić information content (AvgIpc) is 3.27. The first-order valence-corrected chi connectivity index (χ1v) is 9.65. The van der Waals surface area contributed by atoms with E-state index in [1.807, 2.05) is 12.1 Å². The van der Waals surface area contributed by atoms with E-state index in [9.17, 15) is 9.59 Å². The molecule has 0 unspecified atom stereocenters. The van der Waals surface area contributed by atoms with E-state index < -0.39 is 5.76 Å². The molecule has 0 saturated heterocycles. The molecule has 0 spiro atoms. The smallest absolute Gasteiger partial charge is 0.408 e. The molecule has 2 aromatic carbocycles. The minimum absolute atomic E-state index is 0.159. The number of nitrogens with zero attached hydrogens (tertiary/aromatic N) is 3. The van der Waals surface area contributed by atoms with Gasteiger partial charge < -0.3 is 4.42 Å². The molecule has 28 heavy (non-hydrogen) atoms. The molecule has 0 aliphatic carbocycles. The lowest BCUT2D eigenvalue weighted by molar-refractivity contribution is -0.116. The number of aromatic nitrogens is 3. The fourth-order valence-electron chi connectivity index (χ4n) is 2.87. The number of para-hydroxylation sites is 2. The lowest BCUT2D eigenvalue weighted by atomic mass is 10.0. The minimum Gasteiger partial charge on any atom is -0.408 e. The molecule has 4 aromatic rings. The number of carbonyl (C=O) groups is 1. The second-order valence-corrected chi connectivity index (χ2v) is 7.64. The Morgan fingerprint density at radius 3 is 2.64 bits per heavy atom. The summed E-state index contributed by atoms with van der Waals surface area (Å²) >= 11 is 1.28. The zero-order valence-corrected chi connectivity index (χ0v) is 16.2. The van der Waals surface area contributed by atoms with Crippen LogP contribution in [0.5, 0.6) is 0 Å². The molecule has 4 rings (SSSR count). The monoisotopic (exact) mass is 394 g/mol. The number of hydrogen-bond acceptors (Lipinski definition) is 6. The van der Waals surface area contributed by atoms with Crippen molar-refractivity contribution in [3.05, 3.63) is 64.6 Å². The van der Waals surface area contributed by atoms with Gasteiger partial charge in [-0.1, -0.05) is 61.6 Å². The number of rotatable bonds is 5. The van der Waals surface area contributed by atoms with E-state index in [0.29, 0.717) is 22.1 Å². The van der Waals surface area contributed by atoms with Gasteiger partial charge in [0.05, 0.1) is 5.52 Å². The Balaban J connectivity index is 1.48. The van der Waals surface area contributed by atoms with Crippen molar-refractivity contribution in [1.82, 2.24) is 14.8 Å². The Labute approximate surface area is 164 Å². The van der Waals surface area contributed by atoms with Crippen molar-refractivity contribution in [3.63, 3.8) is 0 Å². The van der Waals surface area contributed by atoms with Crippen molar-refractivity contribution < 1.29 is 9.21 Å². The highest BCUT2D eigenvalue weighted by molar-refractivity contribution is 7.18. The van der Waals surface area contributed by atoms with Crippen molar-refractivity contribution in [2.24, 2.45) is 0 Å². The summed E-state index contributed by atoms with van der Waals surface area (Å²) in [4.78, 5) is 24.3. The standard InChI is InChI=1S/C20H18N4O3S/c1-12(2)13-7-9-14(10-8-13)18-22-23-19(28-18)21-17(25)11-24-15-5-3-4-6-16(15)27-20(24)26/h3-10,12H,11H2,1-2H3,(H,21,23,25). The third kappa shape index (κ3) is 3.59. The van der Waals surface area contributed by atoms with Crippen LogP contribution in [0.2, 0.25) is 0 Å². The molecule has 1 amide bonds. The van der Waals surface area contributed by atoms with Crippen LogP contribution in [0.15, 0.2) is 57.7 Å². The molecule has 0 atom stereocenters. The van der Waals surface area contributed by atoms with Crippen LogP contribution < -0.4 is 11.1 Å². The molecule has 0 saturated carbocycles. The molecule has 2 heterocycles. The van der Waals surface area contributed by atoms with Gasteiger partial charge in [0.2, 0.25) is 11.0 Å². The van der Waals surface area contributed by atoms with E-state index in [4.69, 9.17) is 4.42 Å². The maximum Gasteiger partial charge on any atom is 0.420 e. The van der Waals surface area contributed by atoms with Crippen molar-refractivity contribution in [3.8, 4) is 10.6 Å². The van der Waals surface area contributed by atoms with Crippen LogP contribution in [-0.4, -0.2) is 20.7 Å². The minimum atomic E-state index is -0.570. The van der Waals surface area contributed by atoms with Gasteiger partial charge >= 0.3 is 5.76 Å². The molecule has 0 aliphatic heterocycles. The third-order valence-corrected chi connectivity index (χ3v) is 5.26. The number of oxazole rings is 1. The lowest BCUT2D eigenvalue weighted by Crippen LogP contribution is -2.24. The molecule has 0 bridgehead atoms. The predicted molar refractivity (Wildman–Crippen MR) is 109 cm³/mol. The first-order chi connectivity index (χ1) is 13.5. The number of carbonyl (C=O) groups excluding carboxylic acids is 1. The van der Waals surface area contributed by atoms with Gasteiger partial charge in [-0.05, 0) is 23.6 Å². The van der Waals surface area contributed by atoms with Gasteiger partial charge in [-0.2, -0.15) is 0 Å². The SMILES string of the molecule is CC(C)c1ccc(-c2nnc(NC(=O)Cn3c(=O)oc4ccccc43)s2)cc1. The zero-order valence-electron chi connectivity index (χ0n) is 15.4. The summed E-state index contributed by atoms with van der Waals surface area (Å²) in [6.45, 7) is 4.12. The predicted octanol–water partition coefficient (Wildman–Crippen LogP) is 3.88. The van der Waals surface area contributed by atoms with Crippen molar-refractivity contribution in [2.45, 2.75) is 26.3 Å². The van der Waals surface area contributed by atoms with E-state index in [1.165, 1.54) is 21.5 Å². The summed E-state index contributed by atoms with van der Waals surface area (Å²) in [5.74, 6) is -0.480. The highest BCUT2D eigenvalue weighted by Crippen LogP contribution is 2.27. The highest BCUT2D eigenvalue weighted by Gasteiger charge is 2.14. The maximum absolute atomic E-state index is 12.4. The number of fused-ring (bicyclic) bond motifs is 1. The van der Waals surface area contributed by atoms with E-state index in [2.05, 4.69) is 41.5 Å². The van der Waals surface area contributed by atoms with Gasteiger partial charge in [-0.3, -0.25) is 14.7 Å². The molecule has 0 radical (unpaired) electrons. The fourth-order valence-corrected chi connectivity index (χ4v) is 3.63. The van der Waals surface area contributed by atoms with Gasteiger partial charge in [-0.15, -0.1) is 10.2 Å².